The van der Waals surface area contributed by atoms with Crippen molar-refractivity contribution in [2.24, 2.45) is 5.73 Å². The first-order valence-electron chi connectivity index (χ1n) is 5.86. The summed E-state index contributed by atoms with van der Waals surface area (Å²) >= 11 is 0. The van der Waals surface area contributed by atoms with E-state index in [1.807, 2.05) is 0 Å². The molecule has 0 spiro atoms. The number of para-hydroxylation sites is 1. The number of rotatable bonds is 4. The zero-order chi connectivity index (χ0) is 11.4. The number of halogens is 1. The Labute approximate surface area is 95.6 Å². The van der Waals surface area contributed by atoms with Crippen LogP contribution in [0.15, 0.2) is 24.3 Å². The van der Waals surface area contributed by atoms with E-state index in [4.69, 9.17) is 10.5 Å². The summed E-state index contributed by atoms with van der Waals surface area (Å²) in [6.07, 6.45) is 5.34. The minimum Gasteiger partial charge on any atom is -0.490 e. The highest BCUT2D eigenvalue weighted by Gasteiger charge is 2.28. The van der Waals surface area contributed by atoms with Gasteiger partial charge in [-0.25, -0.2) is 4.39 Å². The summed E-state index contributed by atoms with van der Waals surface area (Å²) in [7, 11) is 0. The Hall–Kier alpha value is -1.09. The van der Waals surface area contributed by atoms with Gasteiger partial charge in [-0.15, -0.1) is 0 Å². The molecule has 16 heavy (non-hydrogen) atoms. The van der Waals surface area contributed by atoms with Crippen LogP contribution in [-0.4, -0.2) is 12.1 Å². The Morgan fingerprint density at radius 1 is 1.25 bits per heavy atom. The average Bonchev–Trinajstić information content (AvgIpc) is 2.68. The number of hydrogen-bond acceptors (Lipinski definition) is 2. The van der Waals surface area contributed by atoms with Gasteiger partial charge in [0.1, 0.15) is 0 Å². The van der Waals surface area contributed by atoms with Crippen LogP contribution in [0.5, 0.6) is 5.75 Å². The predicted octanol–water partition coefficient (Wildman–Crippen LogP) is 2.87. The molecule has 1 saturated carbocycles. The lowest BCUT2D eigenvalue weighted by Gasteiger charge is -2.23. The number of ether oxygens (including phenoxy) is 1. The number of hydrogen-bond donors (Lipinski definition) is 1. The minimum atomic E-state index is -0.306. The van der Waals surface area contributed by atoms with Gasteiger partial charge in [0.25, 0.3) is 0 Å². The van der Waals surface area contributed by atoms with Crippen molar-refractivity contribution in [1.29, 1.82) is 0 Å². The van der Waals surface area contributed by atoms with E-state index >= 15 is 0 Å². The molecular formula is C13H18FNO. The van der Waals surface area contributed by atoms with Gasteiger partial charge in [-0.05, 0) is 31.4 Å². The molecular weight excluding hydrogens is 205 g/mol. The first-order chi connectivity index (χ1) is 7.70. The summed E-state index contributed by atoms with van der Waals surface area (Å²) in [5.74, 6) is 0.0177. The van der Waals surface area contributed by atoms with Gasteiger partial charge < -0.3 is 10.5 Å². The number of nitrogens with two attached hydrogens (primary N) is 1. The molecule has 0 bridgehead atoms. The van der Waals surface area contributed by atoms with E-state index < -0.39 is 0 Å². The lowest BCUT2D eigenvalue weighted by atomic mass is 9.95. The highest BCUT2D eigenvalue weighted by molar-refractivity contribution is 5.23. The third-order valence-corrected chi connectivity index (χ3v) is 3.29. The quantitative estimate of drug-likeness (QED) is 0.851. The van der Waals surface area contributed by atoms with Gasteiger partial charge in [-0.1, -0.05) is 25.0 Å². The van der Waals surface area contributed by atoms with E-state index in [1.54, 1.807) is 18.2 Å². The lowest BCUT2D eigenvalue weighted by molar-refractivity contribution is 0.249. The van der Waals surface area contributed by atoms with Gasteiger partial charge in [-0.2, -0.15) is 0 Å². The summed E-state index contributed by atoms with van der Waals surface area (Å²) < 4.78 is 18.6. The molecule has 1 aromatic rings. The second-order valence-corrected chi connectivity index (χ2v) is 4.60. The van der Waals surface area contributed by atoms with Gasteiger partial charge in [0.05, 0.1) is 6.61 Å². The molecule has 2 rings (SSSR count). The van der Waals surface area contributed by atoms with E-state index in [0.717, 1.165) is 19.3 Å². The lowest BCUT2D eigenvalue weighted by Crippen LogP contribution is -2.37. The molecule has 1 aliphatic carbocycles. The van der Waals surface area contributed by atoms with Gasteiger partial charge in [0.2, 0.25) is 0 Å². The maximum atomic E-state index is 13.2. The topological polar surface area (TPSA) is 35.2 Å². The van der Waals surface area contributed by atoms with E-state index in [9.17, 15) is 4.39 Å². The predicted molar refractivity (Wildman–Crippen MR) is 61.9 cm³/mol. The van der Waals surface area contributed by atoms with Crippen molar-refractivity contribution < 1.29 is 9.13 Å². The van der Waals surface area contributed by atoms with Crippen molar-refractivity contribution in [2.45, 2.75) is 37.6 Å². The highest BCUT2D eigenvalue weighted by atomic mass is 19.1. The summed E-state index contributed by atoms with van der Waals surface area (Å²) in [5, 5.41) is 0. The molecule has 1 aromatic carbocycles. The molecule has 0 saturated heterocycles. The molecule has 3 heteroatoms. The normalized spacial score (nSPS) is 18.6. The van der Waals surface area contributed by atoms with Crippen LogP contribution in [-0.2, 0) is 0 Å². The molecule has 0 unspecified atom stereocenters. The van der Waals surface area contributed by atoms with Crippen molar-refractivity contribution in [3.63, 3.8) is 0 Å². The SMILES string of the molecule is NC1(CCOc2ccccc2F)CCCC1. The smallest absolute Gasteiger partial charge is 0.165 e. The first kappa shape index (κ1) is 11.4. The largest absolute Gasteiger partial charge is 0.490 e. The van der Waals surface area contributed by atoms with E-state index in [-0.39, 0.29) is 11.4 Å². The molecule has 0 radical (unpaired) electrons. The summed E-state index contributed by atoms with van der Waals surface area (Å²) in [4.78, 5) is 0. The monoisotopic (exact) mass is 223 g/mol. The summed E-state index contributed by atoms with van der Waals surface area (Å²) in [6.45, 7) is 0.497. The molecule has 2 N–H and O–H groups in total. The van der Waals surface area contributed by atoms with Gasteiger partial charge in [-0.3, -0.25) is 0 Å². The van der Waals surface area contributed by atoms with Crippen molar-refractivity contribution in [3.05, 3.63) is 30.1 Å². The maximum absolute atomic E-state index is 13.2. The molecule has 0 aliphatic heterocycles. The second-order valence-electron chi connectivity index (χ2n) is 4.60. The Kier molecular flexibility index (Phi) is 3.44. The molecule has 88 valence electrons. The summed E-state index contributed by atoms with van der Waals surface area (Å²) in [5.41, 5.74) is 6.11. The van der Waals surface area contributed by atoms with E-state index in [2.05, 4.69) is 0 Å². The van der Waals surface area contributed by atoms with Crippen molar-refractivity contribution in [3.8, 4) is 5.75 Å². The van der Waals surface area contributed by atoms with Crippen molar-refractivity contribution >= 4 is 0 Å². The van der Waals surface area contributed by atoms with Crippen molar-refractivity contribution in [1.82, 2.24) is 0 Å². The standard InChI is InChI=1S/C13H18FNO/c14-11-5-1-2-6-12(11)16-10-9-13(15)7-3-4-8-13/h1-2,5-6H,3-4,7-10,15H2. The van der Waals surface area contributed by atoms with Crippen LogP contribution in [0.4, 0.5) is 4.39 Å². The molecule has 1 fully saturated rings. The zero-order valence-corrected chi connectivity index (χ0v) is 9.42. The fraction of sp³-hybridized carbons (Fsp3) is 0.538. The molecule has 0 atom stereocenters. The highest BCUT2D eigenvalue weighted by Crippen LogP contribution is 2.30. The Morgan fingerprint density at radius 2 is 1.94 bits per heavy atom. The molecule has 1 aliphatic rings. The van der Waals surface area contributed by atoms with Crippen LogP contribution in [0.25, 0.3) is 0 Å². The van der Waals surface area contributed by atoms with Gasteiger partial charge >= 0.3 is 0 Å². The Balaban J connectivity index is 1.82. The Morgan fingerprint density at radius 3 is 2.62 bits per heavy atom. The van der Waals surface area contributed by atoms with Gasteiger partial charge in [0, 0.05) is 5.54 Å². The molecule has 0 amide bonds. The first-order valence-corrected chi connectivity index (χ1v) is 5.86. The summed E-state index contributed by atoms with van der Waals surface area (Å²) in [6, 6.07) is 6.48. The van der Waals surface area contributed by atoms with Crippen molar-refractivity contribution in [2.75, 3.05) is 6.61 Å². The van der Waals surface area contributed by atoms with Crippen LogP contribution in [0, 0.1) is 5.82 Å². The van der Waals surface area contributed by atoms with Gasteiger partial charge in [0.15, 0.2) is 11.6 Å². The maximum Gasteiger partial charge on any atom is 0.165 e. The van der Waals surface area contributed by atoms with Crippen LogP contribution >= 0.6 is 0 Å². The minimum absolute atomic E-state index is 0.0781. The fourth-order valence-corrected chi connectivity index (χ4v) is 2.26. The molecule has 2 nitrogen and oxygen atoms in total. The van der Waals surface area contributed by atoms with Crippen LogP contribution in [0.1, 0.15) is 32.1 Å². The van der Waals surface area contributed by atoms with E-state index in [0.29, 0.717) is 12.4 Å². The molecule has 0 aromatic heterocycles. The third-order valence-electron chi connectivity index (χ3n) is 3.29. The second kappa shape index (κ2) is 4.83. The van der Waals surface area contributed by atoms with Crippen LogP contribution in [0.3, 0.4) is 0 Å². The van der Waals surface area contributed by atoms with Crippen LogP contribution < -0.4 is 10.5 Å². The van der Waals surface area contributed by atoms with Crippen LogP contribution in [0.2, 0.25) is 0 Å². The average molecular weight is 223 g/mol. The molecule has 0 heterocycles. The third kappa shape index (κ3) is 2.73. The number of benzene rings is 1. The fourth-order valence-electron chi connectivity index (χ4n) is 2.26. The zero-order valence-electron chi connectivity index (χ0n) is 9.42. The Bertz CT molecular complexity index is 348. The van der Waals surface area contributed by atoms with E-state index in [1.165, 1.54) is 18.9 Å².